The fourth-order valence-electron chi connectivity index (χ4n) is 1.73. The molecule has 0 saturated carbocycles. The van der Waals surface area contributed by atoms with Crippen LogP contribution in [-0.2, 0) is 4.79 Å². The van der Waals surface area contributed by atoms with Gasteiger partial charge in [-0.3, -0.25) is 20.4 Å². The lowest BCUT2D eigenvalue weighted by Crippen LogP contribution is -2.43. The highest BCUT2D eigenvalue weighted by Crippen LogP contribution is 2.16. The number of hydrogen-bond acceptors (Lipinski definition) is 4. The van der Waals surface area contributed by atoms with E-state index in [4.69, 9.17) is 9.15 Å². The third kappa shape index (κ3) is 4.12. The van der Waals surface area contributed by atoms with Crippen molar-refractivity contribution in [2.45, 2.75) is 20.8 Å². The molecule has 0 aliphatic carbocycles. The maximum Gasteiger partial charge on any atom is 0.305 e. The fourth-order valence-corrected chi connectivity index (χ4v) is 1.73. The van der Waals surface area contributed by atoms with Gasteiger partial charge in [0.25, 0.3) is 5.91 Å². The molecule has 6 nitrogen and oxygen atoms in total. The van der Waals surface area contributed by atoms with Gasteiger partial charge in [-0.25, -0.2) is 0 Å². The molecule has 0 radical (unpaired) electrons. The summed E-state index contributed by atoms with van der Waals surface area (Å²) >= 11 is 0. The number of rotatable bonds is 4. The molecule has 2 N–H and O–H groups in total. The second-order valence-corrected chi connectivity index (χ2v) is 4.95. The van der Waals surface area contributed by atoms with Crippen molar-refractivity contribution in [3.8, 4) is 5.75 Å². The van der Waals surface area contributed by atoms with Gasteiger partial charge in [-0.1, -0.05) is 6.07 Å². The topological polar surface area (TPSA) is 80.6 Å². The average molecular weight is 302 g/mol. The van der Waals surface area contributed by atoms with E-state index in [-0.39, 0.29) is 12.4 Å². The second kappa shape index (κ2) is 6.80. The molecule has 22 heavy (non-hydrogen) atoms. The van der Waals surface area contributed by atoms with Gasteiger partial charge in [-0.15, -0.1) is 0 Å². The number of amides is 2. The predicted molar refractivity (Wildman–Crippen MR) is 80.5 cm³/mol. The molecule has 0 unspecified atom stereocenters. The van der Waals surface area contributed by atoms with Crippen molar-refractivity contribution in [3.63, 3.8) is 0 Å². The number of hydrazine groups is 1. The maximum absolute atomic E-state index is 11.7. The second-order valence-electron chi connectivity index (χ2n) is 4.95. The zero-order chi connectivity index (χ0) is 16.1. The SMILES string of the molecule is Cc1ccc(C(=O)NNC(=O)COc2ccc(C)c(C)c2)o1. The van der Waals surface area contributed by atoms with Crippen LogP contribution in [0.1, 0.15) is 27.4 Å². The van der Waals surface area contributed by atoms with E-state index in [2.05, 4.69) is 10.9 Å². The molecule has 0 bridgehead atoms. The van der Waals surface area contributed by atoms with Crippen molar-refractivity contribution in [3.05, 3.63) is 53.0 Å². The maximum atomic E-state index is 11.7. The minimum absolute atomic E-state index is 0.132. The Labute approximate surface area is 128 Å². The van der Waals surface area contributed by atoms with Crippen molar-refractivity contribution in [2.75, 3.05) is 6.61 Å². The molecular formula is C16H18N2O4. The molecule has 2 aromatic rings. The Bertz CT molecular complexity index is 691. The van der Waals surface area contributed by atoms with Gasteiger partial charge in [0.1, 0.15) is 11.5 Å². The van der Waals surface area contributed by atoms with E-state index in [0.29, 0.717) is 11.5 Å². The summed E-state index contributed by atoms with van der Waals surface area (Å²) in [6.07, 6.45) is 0. The monoisotopic (exact) mass is 302 g/mol. The minimum atomic E-state index is -0.521. The van der Waals surface area contributed by atoms with E-state index in [0.717, 1.165) is 11.1 Å². The highest BCUT2D eigenvalue weighted by Gasteiger charge is 2.11. The average Bonchev–Trinajstić information content (AvgIpc) is 2.92. The lowest BCUT2D eigenvalue weighted by molar-refractivity contribution is -0.123. The zero-order valence-electron chi connectivity index (χ0n) is 12.7. The van der Waals surface area contributed by atoms with Gasteiger partial charge in [-0.2, -0.15) is 0 Å². The number of furan rings is 1. The largest absolute Gasteiger partial charge is 0.484 e. The summed E-state index contributed by atoms with van der Waals surface area (Å²) in [5.41, 5.74) is 6.75. The Hall–Kier alpha value is -2.76. The first-order valence-corrected chi connectivity index (χ1v) is 6.81. The Balaban J connectivity index is 1.78. The van der Waals surface area contributed by atoms with Crippen molar-refractivity contribution in [1.82, 2.24) is 10.9 Å². The molecular weight excluding hydrogens is 284 g/mol. The van der Waals surface area contributed by atoms with Gasteiger partial charge in [0, 0.05) is 0 Å². The third-order valence-corrected chi connectivity index (χ3v) is 3.13. The van der Waals surface area contributed by atoms with E-state index in [1.807, 2.05) is 26.0 Å². The van der Waals surface area contributed by atoms with E-state index in [9.17, 15) is 9.59 Å². The van der Waals surface area contributed by atoms with Crippen LogP contribution >= 0.6 is 0 Å². The highest BCUT2D eigenvalue weighted by molar-refractivity contribution is 5.93. The molecule has 0 spiro atoms. The van der Waals surface area contributed by atoms with Crippen molar-refractivity contribution in [2.24, 2.45) is 0 Å². The molecule has 2 rings (SSSR count). The molecule has 0 saturated heterocycles. The lowest BCUT2D eigenvalue weighted by atomic mass is 10.1. The summed E-state index contributed by atoms with van der Waals surface area (Å²) < 4.78 is 10.5. The van der Waals surface area contributed by atoms with E-state index in [1.54, 1.807) is 19.1 Å². The summed E-state index contributed by atoms with van der Waals surface area (Å²) in [4.78, 5) is 23.3. The third-order valence-electron chi connectivity index (χ3n) is 3.13. The van der Waals surface area contributed by atoms with Gasteiger partial charge >= 0.3 is 5.91 Å². The normalized spacial score (nSPS) is 10.1. The number of ether oxygens (including phenoxy) is 1. The quantitative estimate of drug-likeness (QED) is 0.847. The molecule has 0 aliphatic rings. The van der Waals surface area contributed by atoms with Gasteiger partial charge in [0.05, 0.1) is 0 Å². The van der Waals surface area contributed by atoms with Gasteiger partial charge in [-0.05, 0) is 56.2 Å². The molecule has 2 amide bonds. The predicted octanol–water partition coefficient (Wildman–Crippen LogP) is 2.04. The summed E-state index contributed by atoms with van der Waals surface area (Å²) in [5.74, 6) is 0.371. The van der Waals surface area contributed by atoms with Crippen molar-refractivity contribution >= 4 is 11.8 Å². The van der Waals surface area contributed by atoms with Gasteiger partial charge in [0.15, 0.2) is 12.4 Å². The summed E-state index contributed by atoms with van der Waals surface area (Å²) in [6.45, 7) is 5.50. The first kappa shape index (κ1) is 15.6. The van der Waals surface area contributed by atoms with Crippen LogP contribution in [0.15, 0.2) is 34.7 Å². The van der Waals surface area contributed by atoms with Crippen LogP contribution in [-0.4, -0.2) is 18.4 Å². The van der Waals surface area contributed by atoms with Gasteiger partial charge in [0.2, 0.25) is 0 Å². The Morgan fingerprint density at radius 2 is 1.82 bits per heavy atom. The first-order valence-electron chi connectivity index (χ1n) is 6.81. The van der Waals surface area contributed by atoms with Gasteiger partial charge < -0.3 is 9.15 Å². The van der Waals surface area contributed by atoms with Crippen LogP contribution in [0.5, 0.6) is 5.75 Å². The lowest BCUT2D eigenvalue weighted by Gasteiger charge is -2.09. The molecule has 1 aromatic heterocycles. The zero-order valence-corrected chi connectivity index (χ0v) is 12.7. The van der Waals surface area contributed by atoms with Crippen LogP contribution in [0, 0.1) is 20.8 Å². The Morgan fingerprint density at radius 3 is 2.45 bits per heavy atom. The van der Waals surface area contributed by atoms with Crippen molar-refractivity contribution in [1.29, 1.82) is 0 Å². The molecule has 6 heteroatoms. The summed E-state index contributed by atoms with van der Waals surface area (Å²) in [6, 6.07) is 8.76. The minimum Gasteiger partial charge on any atom is -0.484 e. The molecule has 0 aliphatic heterocycles. The smallest absolute Gasteiger partial charge is 0.305 e. The molecule has 116 valence electrons. The standard InChI is InChI=1S/C16H18N2O4/c1-10-4-6-13(8-11(10)2)21-9-15(19)17-18-16(20)14-7-5-12(3)22-14/h4-8H,9H2,1-3H3,(H,17,19)(H,18,20). The van der Waals surface area contributed by atoms with E-state index in [1.165, 1.54) is 6.07 Å². The van der Waals surface area contributed by atoms with E-state index >= 15 is 0 Å². The first-order chi connectivity index (χ1) is 10.5. The molecule has 0 fully saturated rings. The number of aryl methyl sites for hydroxylation is 3. The van der Waals surface area contributed by atoms with Crippen molar-refractivity contribution < 1.29 is 18.7 Å². The van der Waals surface area contributed by atoms with Crippen LogP contribution in [0.25, 0.3) is 0 Å². The number of carbonyl (C=O) groups excluding carboxylic acids is 2. The van der Waals surface area contributed by atoms with Crippen LogP contribution in [0.3, 0.4) is 0 Å². The number of nitrogens with one attached hydrogen (secondary N) is 2. The highest BCUT2D eigenvalue weighted by atomic mass is 16.5. The van der Waals surface area contributed by atoms with Crippen LogP contribution in [0.4, 0.5) is 0 Å². The van der Waals surface area contributed by atoms with Crippen LogP contribution < -0.4 is 15.6 Å². The molecule has 1 heterocycles. The summed E-state index contributed by atoms with van der Waals surface area (Å²) in [7, 11) is 0. The number of carbonyl (C=O) groups is 2. The number of hydrogen-bond donors (Lipinski definition) is 2. The fraction of sp³-hybridized carbons (Fsp3) is 0.250. The number of benzene rings is 1. The summed E-state index contributed by atoms with van der Waals surface area (Å²) in [5, 5.41) is 0. The molecule has 1 aromatic carbocycles. The Kier molecular flexibility index (Phi) is 4.83. The Morgan fingerprint density at radius 1 is 1.05 bits per heavy atom. The van der Waals surface area contributed by atoms with E-state index < -0.39 is 11.8 Å². The molecule has 0 atom stereocenters. The van der Waals surface area contributed by atoms with Crippen LogP contribution in [0.2, 0.25) is 0 Å².